The summed E-state index contributed by atoms with van der Waals surface area (Å²) in [5.41, 5.74) is 30.5. The maximum atomic E-state index is 2.86. The zero-order valence-corrected chi connectivity index (χ0v) is 42.1. The maximum absolute atomic E-state index is 2.86. The normalized spacial score (nSPS) is 23.6. The van der Waals surface area contributed by atoms with Crippen LogP contribution < -0.4 is 31.1 Å². The Morgan fingerprint density at radius 1 is 0.623 bits per heavy atom. The molecule has 0 spiro atoms. The summed E-state index contributed by atoms with van der Waals surface area (Å²) in [6, 6.07) is 39.4. The van der Waals surface area contributed by atoms with Crippen molar-refractivity contribution in [3.63, 3.8) is 0 Å². The summed E-state index contributed by atoms with van der Waals surface area (Å²) in [7, 11) is 0. The minimum Gasteiger partial charge on any atom is -0.334 e. The maximum Gasteiger partial charge on any atom is 0.252 e. The molecule has 3 unspecified atom stereocenters. The second-order valence-corrected chi connectivity index (χ2v) is 24.0. The largest absolute Gasteiger partial charge is 0.334 e. The highest BCUT2D eigenvalue weighted by atomic mass is 15.3. The van der Waals surface area contributed by atoms with E-state index in [9.17, 15) is 0 Å². The van der Waals surface area contributed by atoms with Gasteiger partial charge in [0.2, 0.25) is 0 Å². The van der Waals surface area contributed by atoms with Gasteiger partial charge in [-0.25, -0.2) is 0 Å². The van der Waals surface area contributed by atoms with E-state index in [-0.39, 0.29) is 34.4 Å². The number of hydrogen-bond donors (Lipinski definition) is 0. The molecule has 4 heteroatoms. The number of anilines is 8. The number of rotatable bonds is 3. The van der Waals surface area contributed by atoms with Gasteiger partial charge in [0, 0.05) is 62.0 Å². The van der Waals surface area contributed by atoms with E-state index in [1.54, 1.807) is 0 Å². The molecule has 3 aliphatic carbocycles. The number of aryl methyl sites for hydroxylation is 2. The van der Waals surface area contributed by atoms with Crippen molar-refractivity contribution in [1.82, 2.24) is 0 Å². The number of hydrogen-bond acceptors (Lipinski definition) is 3. The molecule has 5 aliphatic heterocycles. The van der Waals surface area contributed by atoms with E-state index in [0.29, 0.717) is 0 Å². The minimum absolute atomic E-state index is 0.00798. The van der Waals surface area contributed by atoms with Crippen molar-refractivity contribution in [2.24, 2.45) is 0 Å². The molecule has 0 radical (unpaired) electrons. The van der Waals surface area contributed by atoms with Gasteiger partial charge in [0.25, 0.3) is 6.71 Å². The standard InChI is InChI=1S/C65H64BN3/c1-39-33-49-58-54(34-39)67(51-27-17-15-23-44(51)41-21-11-10-12-22-41)55-37-43(69-53-30-29-42(62(3,4)5)36-48(53)64(8)31-19-20-32-65(64,69)9)38-56-60(55)66(58)59-50(63(49,6)7)35-40(2)57-47-26-14-13-24-45(47)46-25-16-18-28-52(46)68(56)61(57)59/h10-11,13-18,21,23-25,27-30,33-38,47H,12,19-20,22,26,31-32H2,1-9H3. The molecule has 1 fully saturated rings. The van der Waals surface area contributed by atoms with Gasteiger partial charge in [-0.2, -0.15) is 0 Å². The van der Waals surface area contributed by atoms with Crippen LogP contribution in [0.2, 0.25) is 0 Å². The van der Waals surface area contributed by atoms with Crippen LogP contribution in [0.15, 0.2) is 134 Å². The predicted molar refractivity (Wildman–Crippen MR) is 294 cm³/mol. The quantitative estimate of drug-likeness (QED) is 0.164. The second-order valence-electron chi connectivity index (χ2n) is 24.0. The van der Waals surface area contributed by atoms with Crippen LogP contribution in [0.5, 0.6) is 0 Å². The van der Waals surface area contributed by atoms with Crippen molar-refractivity contribution < 1.29 is 0 Å². The van der Waals surface area contributed by atoms with Gasteiger partial charge in [-0.1, -0.05) is 152 Å². The number of para-hydroxylation sites is 2. The number of fused-ring (bicyclic) bond motifs is 9. The van der Waals surface area contributed by atoms with E-state index >= 15 is 0 Å². The average molecular weight is 898 g/mol. The lowest BCUT2D eigenvalue weighted by atomic mass is 9.28. The molecular weight excluding hydrogens is 834 g/mol. The first-order chi connectivity index (χ1) is 33.2. The Balaban J connectivity index is 1.16. The van der Waals surface area contributed by atoms with Gasteiger partial charge >= 0.3 is 0 Å². The predicted octanol–water partition coefficient (Wildman–Crippen LogP) is 15.2. The van der Waals surface area contributed by atoms with Crippen molar-refractivity contribution in [2.75, 3.05) is 14.7 Å². The molecule has 3 nitrogen and oxygen atoms in total. The summed E-state index contributed by atoms with van der Waals surface area (Å²) in [4.78, 5) is 8.41. The fourth-order valence-electron chi connectivity index (χ4n) is 15.3. The van der Waals surface area contributed by atoms with E-state index in [4.69, 9.17) is 0 Å². The van der Waals surface area contributed by atoms with Gasteiger partial charge < -0.3 is 14.7 Å². The molecule has 0 bridgehead atoms. The van der Waals surface area contributed by atoms with Gasteiger partial charge in [0.1, 0.15) is 0 Å². The highest BCUT2D eigenvalue weighted by Gasteiger charge is 2.59. The highest BCUT2D eigenvalue weighted by molar-refractivity contribution is 7.01. The van der Waals surface area contributed by atoms with Crippen molar-refractivity contribution in [1.29, 1.82) is 0 Å². The monoisotopic (exact) mass is 898 g/mol. The number of benzene rings is 6. The molecule has 8 aliphatic rings. The van der Waals surface area contributed by atoms with Gasteiger partial charge in [-0.3, -0.25) is 0 Å². The molecule has 6 aromatic carbocycles. The SMILES string of the molecule is Cc1cc2c3c(c1)C(C)(C)c1cc(C)c4c5c1B3c1c(cc(N3c6ccc(C(C)(C)C)cc6C6(C)CCCCC36C)cc1N5c1ccccc1C1=CC=CCC14)N2c1ccccc1C1=CC=CCC1. The third-order valence-electron chi connectivity index (χ3n) is 18.9. The Bertz CT molecular complexity index is 3420. The molecular formula is C65H64BN3. The van der Waals surface area contributed by atoms with Crippen LogP contribution in [0.25, 0.3) is 11.1 Å². The molecule has 1 saturated carbocycles. The first-order valence-electron chi connectivity index (χ1n) is 26.2. The third-order valence-corrected chi connectivity index (χ3v) is 18.9. The lowest BCUT2D eigenvalue weighted by Crippen LogP contribution is -2.67. The summed E-state index contributed by atoms with van der Waals surface area (Å²) in [5, 5.41) is 0. The fourth-order valence-corrected chi connectivity index (χ4v) is 15.3. The molecule has 0 amide bonds. The first kappa shape index (κ1) is 41.7. The van der Waals surface area contributed by atoms with Crippen LogP contribution in [-0.2, 0) is 16.2 Å². The summed E-state index contributed by atoms with van der Waals surface area (Å²) < 4.78 is 0. The van der Waals surface area contributed by atoms with E-state index in [1.165, 1.54) is 142 Å². The lowest BCUT2D eigenvalue weighted by molar-refractivity contribution is 0.195. The van der Waals surface area contributed by atoms with E-state index in [1.807, 2.05) is 0 Å². The molecule has 5 heterocycles. The van der Waals surface area contributed by atoms with E-state index in [2.05, 4.69) is 211 Å². The van der Waals surface area contributed by atoms with Crippen molar-refractivity contribution >= 4 is 79.7 Å². The Labute approximate surface area is 411 Å². The molecule has 14 rings (SSSR count). The Morgan fingerprint density at radius 3 is 2.09 bits per heavy atom. The summed E-state index contributed by atoms with van der Waals surface area (Å²) in [5.74, 6) is 0.266. The Morgan fingerprint density at radius 2 is 1.32 bits per heavy atom. The molecule has 3 atom stereocenters. The summed E-state index contributed by atoms with van der Waals surface area (Å²) >= 11 is 0. The van der Waals surface area contributed by atoms with Gasteiger partial charge in [-0.05, 0) is 161 Å². The molecule has 342 valence electrons. The van der Waals surface area contributed by atoms with Gasteiger partial charge in [-0.15, -0.1) is 0 Å². The first-order valence-corrected chi connectivity index (χ1v) is 26.2. The topological polar surface area (TPSA) is 9.72 Å². The van der Waals surface area contributed by atoms with Crippen LogP contribution in [-0.4, -0.2) is 12.3 Å². The molecule has 0 aromatic heterocycles. The third kappa shape index (κ3) is 5.31. The average Bonchev–Trinajstić information content (AvgIpc) is 3.45. The zero-order chi connectivity index (χ0) is 47.1. The molecule has 0 saturated heterocycles. The number of allylic oxidation sites excluding steroid dienone is 8. The van der Waals surface area contributed by atoms with Gasteiger partial charge in [0.05, 0.1) is 16.9 Å². The number of nitrogens with zero attached hydrogens (tertiary/aromatic N) is 3. The van der Waals surface area contributed by atoms with Crippen LogP contribution in [0.1, 0.15) is 149 Å². The second kappa shape index (κ2) is 14.0. The zero-order valence-electron chi connectivity index (χ0n) is 42.1. The molecule has 6 aromatic rings. The fraction of sp³-hybridized carbons (Fsp3) is 0.323. The highest BCUT2D eigenvalue weighted by Crippen LogP contribution is 2.64. The van der Waals surface area contributed by atoms with Crippen molar-refractivity contribution in [2.45, 2.75) is 135 Å². The van der Waals surface area contributed by atoms with Crippen LogP contribution in [0.3, 0.4) is 0 Å². The Kier molecular flexibility index (Phi) is 8.44. The van der Waals surface area contributed by atoms with Crippen LogP contribution in [0, 0.1) is 13.8 Å². The van der Waals surface area contributed by atoms with Gasteiger partial charge in [0.15, 0.2) is 0 Å². The van der Waals surface area contributed by atoms with Crippen molar-refractivity contribution in [3.05, 3.63) is 184 Å². The minimum atomic E-state index is -0.230. The molecule has 69 heavy (non-hydrogen) atoms. The Hall–Kier alpha value is -6.26. The van der Waals surface area contributed by atoms with Crippen molar-refractivity contribution in [3.8, 4) is 0 Å². The van der Waals surface area contributed by atoms with Crippen LogP contribution >= 0.6 is 0 Å². The van der Waals surface area contributed by atoms with E-state index < -0.39 is 0 Å². The van der Waals surface area contributed by atoms with E-state index in [0.717, 1.165) is 25.7 Å². The summed E-state index contributed by atoms with van der Waals surface area (Å²) in [6.45, 7) is 22.2. The summed E-state index contributed by atoms with van der Waals surface area (Å²) in [6.07, 6.45) is 22.1. The lowest BCUT2D eigenvalue weighted by Gasteiger charge is -2.53. The molecule has 0 N–H and O–H groups in total. The van der Waals surface area contributed by atoms with Crippen LogP contribution in [0.4, 0.5) is 45.5 Å². The smallest absolute Gasteiger partial charge is 0.252 e.